The highest BCUT2D eigenvalue weighted by atomic mass is 16.3. The Bertz CT molecular complexity index is 1680. The summed E-state index contributed by atoms with van der Waals surface area (Å²) < 4.78 is 5.27. The van der Waals surface area contributed by atoms with Gasteiger partial charge in [-0.3, -0.25) is 15.1 Å². The number of fused-ring (bicyclic) bond motifs is 2. The molecule has 178 valence electrons. The molecular weight excluding hydrogens is 454 g/mol. The highest BCUT2D eigenvalue weighted by Crippen LogP contribution is 2.33. The molecule has 0 bridgehead atoms. The third-order valence-corrected chi connectivity index (χ3v) is 6.96. The van der Waals surface area contributed by atoms with Gasteiger partial charge in [0.1, 0.15) is 11.9 Å². The van der Waals surface area contributed by atoms with Crippen molar-refractivity contribution in [3.63, 3.8) is 0 Å². The monoisotopic (exact) mass is 477 g/mol. The Kier molecular flexibility index (Phi) is 4.81. The summed E-state index contributed by atoms with van der Waals surface area (Å²) in [6.45, 7) is 0. The fourth-order valence-electron chi connectivity index (χ4n) is 4.75. The first-order chi connectivity index (χ1) is 17.7. The Balaban J connectivity index is 1.26. The quantitative estimate of drug-likeness (QED) is 0.238. The fourth-order valence-corrected chi connectivity index (χ4v) is 4.75. The van der Waals surface area contributed by atoms with Crippen LogP contribution in [0.3, 0.4) is 0 Å². The van der Waals surface area contributed by atoms with Gasteiger partial charge in [0.2, 0.25) is 0 Å². The molecule has 0 radical (unpaired) electrons. The van der Waals surface area contributed by atoms with Gasteiger partial charge in [-0.1, -0.05) is 18.6 Å². The van der Waals surface area contributed by atoms with Crippen LogP contribution >= 0.6 is 0 Å². The summed E-state index contributed by atoms with van der Waals surface area (Å²) in [4.78, 5) is 17.3. The van der Waals surface area contributed by atoms with Gasteiger partial charge >= 0.3 is 0 Å². The molecule has 5 heterocycles. The SMILES string of the molecule is OC(Nc1cncc(-c2cc3c(-c4nc5c(-c6ccoc6)cccc5[nH]4)n[nH]c3cn2)c1)C1CCC1. The molecular formula is C27H23N7O2. The van der Waals surface area contributed by atoms with Gasteiger partial charge in [-0.2, -0.15) is 5.10 Å². The summed E-state index contributed by atoms with van der Waals surface area (Å²) in [5.74, 6) is 0.968. The number of para-hydroxylation sites is 1. The first-order valence-corrected chi connectivity index (χ1v) is 12.0. The van der Waals surface area contributed by atoms with E-state index in [0.29, 0.717) is 17.4 Å². The smallest absolute Gasteiger partial charge is 0.159 e. The summed E-state index contributed by atoms with van der Waals surface area (Å²) in [5, 5.41) is 22.1. The molecule has 1 fully saturated rings. The molecule has 5 aromatic heterocycles. The minimum absolute atomic E-state index is 0.300. The van der Waals surface area contributed by atoms with E-state index in [0.717, 1.165) is 62.8 Å². The van der Waals surface area contributed by atoms with Crippen molar-refractivity contribution < 1.29 is 9.52 Å². The van der Waals surface area contributed by atoms with Crippen LogP contribution in [0.5, 0.6) is 0 Å². The second-order valence-electron chi connectivity index (χ2n) is 9.23. The number of nitrogens with one attached hydrogen (secondary N) is 3. The predicted molar refractivity (Wildman–Crippen MR) is 137 cm³/mol. The zero-order valence-electron chi connectivity index (χ0n) is 19.3. The van der Waals surface area contributed by atoms with E-state index in [9.17, 15) is 5.11 Å². The lowest BCUT2D eigenvalue weighted by Crippen LogP contribution is -2.33. The number of aliphatic hydroxyl groups is 1. The van der Waals surface area contributed by atoms with Gasteiger partial charge in [-0.05, 0) is 37.1 Å². The van der Waals surface area contributed by atoms with Crippen LogP contribution in [-0.2, 0) is 0 Å². The van der Waals surface area contributed by atoms with Crippen LogP contribution in [-0.4, -0.2) is 41.5 Å². The average Bonchev–Trinajstić information content (AvgIpc) is 3.61. The van der Waals surface area contributed by atoms with Crippen molar-refractivity contribution in [1.29, 1.82) is 0 Å². The van der Waals surface area contributed by atoms with Crippen LogP contribution in [0.4, 0.5) is 5.69 Å². The number of aliphatic hydroxyl groups excluding tert-OH is 1. The number of H-pyrrole nitrogens is 2. The molecule has 0 saturated heterocycles. The molecule has 9 nitrogen and oxygen atoms in total. The summed E-state index contributed by atoms with van der Waals surface area (Å²) in [7, 11) is 0. The number of nitrogens with zero attached hydrogens (tertiary/aromatic N) is 4. The Hall–Kier alpha value is -4.50. The molecule has 0 aliphatic heterocycles. The summed E-state index contributed by atoms with van der Waals surface area (Å²) >= 11 is 0. The average molecular weight is 478 g/mol. The number of hydrogen-bond acceptors (Lipinski definition) is 7. The number of imidazole rings is 1. The molecule has 6 aromatic rings. The number of hydrogen-bond donors (Lipinski definition) is 4. The lowest BCUT2D eigenvalue weighted by Gasteiger charge is -2.31. The molecule has 36 heavy (non-hydrogen) atoms. The van der Waals surface area contributed by atoms with Gasteiger partial charge < -0.3 is 19.8 Å². The van der Waals surface area contributed by atoms with Crippen LogP contribution in [0, 0.1) is 5.92 Å². The minimum atomic E-state index is -0.563. The molecule has 1 aliphatic carbocycles. The van der Waals surface area contributed by atoms with Gasteiger partial charge in [0.25, 0.3) is 0 Å². The molecule has 1 saturated carbocycles. The van der Waals surface area contributed by atoms with Crippen molar-refractivity contribution in [2.24, 2.45) is 5.92 Å². The Labute approximate surface area is 205 Å². The molecule has 1 atom stereocenters. The Morgan fingerprint density at radius 2 is 2.00 bits per heavy atom. The van der Waals surface area contributed by atoms with Gasteiger partial charge in [-0.25, -0.2) is 4.98 Å². The van der Waals surface area contributed by atoms with Crippen LogP contribution in [0.25, 0.3) is 55.8 Å². The molecule has 1 aliphatic rings. The molecule has 7 rings (SSSR count). The van der Waals surface area contributed by atoms with Gasteiger partial charge in [0, 0.05) is 34.2 Å². The van der Waals surface area contributed by atoms with Gasteiger partial charge in [0.15, 0.2) is 5.82 Å². The summed E-state index contributed by atoms with van der Waals surface area (Å²) in [6.07, 6.45) is 11.3. The molecule has 1 unspecified atom stereocenters. The van der Waals surface area contributed by atoms with Gasteiger partial charge in [0.05, 0.1) is 52.9 Å². The van der Waals surface area contributed by atoms with Crippen molar-refractivity contribution in [3.05, 3.63) is 67.5 Å². The molecule has 4 N–H and O–H groups in total. The predicted octanol–water partition coefficient (Wildman–Crippen LogP) is 5.35. The van der Waals surface area contributed by atoms with Gasteiger partial charge in [-0.15, -0.1) is 0 Å². The topological polar surface area (TPSA) is 129 Å². The highest BCUT2D eigenvalue weighted by Gasteiger charge is 2.25. The maximum absolute atomic E-state index is 10.4. The van der Waals surface area contributed by atoms with Crippen LogP contribution in [0.15, 0.2) is 71.9 Å². The minimum Gasteiger partial charge on any atom is -0.472 e. The number of benzene rings is 1. The highest BCUT2D eigenvalue weighted by molar-refractivity contribution is 5.97. The molecule has 1 aromatic carbocycles. The molecule has 9 heteroatoms. The van der Waals surface area contributed by atoms with Crippen LogP contribution in [0.1, 0.15) is 19.3 Å². The van der Waals surface area contributed by atoms with E-state index in [-0.39, 0.29) is 0 Å². The third kappa shape index (κ3) is 3.52. The Morgan fingerprint density at radius 1 is 1.06 bits per heavy atom. The number of pyridine rings is 2. The van der Waals surface area contributed by atoms with Crippen molar-refractivity contribution >= 4 is 27.6 Å². The van der Waals surface area contributed by atoms with E-state index in [1.807, 2.05) is 36.4 Å². The van der Waals surface area contributed by atoms with Crippen LogP contribution < -0.4 is 5.32 Å². The first kappa shape index (κ1) is 20.8. The molecule has 0 amide bonds. The fraction of sp³-hybridized carbons (Fsp3) is 0.185. The van der Waals surface area contributed by atoms with Crippen molar-refractivity contribution in [2.45, 2.75) is 25.5 Å². The standard InChI is InChI=1S/C27H23N7O2/c35-27(15-3-1-4-15)30-18-9-17(11-28-12-18)22-10-20-23(13-29-22)33-34-25(20)26-31-21-6-2-5-19(24(21)32-26)16-7-8-36-14-16/h2,5-15,27,30,35H,1,3-4H2,(H,31,32)(H,33,34). The third-order valence-electron chi connectivity index (χ3n) is 6.96. The zero-order chi connectivity index (χ0) is 24.1. The number of anilines is 1. The normalized spacial score (nSPS) is 14.8. The maximum Gasteiger partial charge on any atom is 0.159 e. The Morgan fingerprint density at radius 3 is 2.83 bits per heavy atom. The van der Waals surface area contributed by atoms with E-state index in [4.69, 9.17) is 9.40 Å². The molecule has 0 spiro atoms. The van der Waals surface area contributed by atoms with Crippen molar-refractivity contribution in [1.82, 2.24) is 30.1 Å². The summed E-state index contributed by atoms with van der Waals surface area (Å²) in [5.41, 5.74) is 7.64. The van der Waals surface area contributed by atoms with E-state index in [1.54, 1.807) is 31.1 Å². The van der Waals surface area contributed by atoms with E-state index < -0.39 is 6.23 Å². The van der Waals surface area contributed by atoms with Crippen LogP contribution in [0.2, 0.25) is 0 Å². The maximum atomic E-state index is 10.4. The zero-order valence-corrected chi connectivity index (χ0v) is 19.3. The lowest BCUT2D eigenvalue weighted by molar-refractivity contribution is 0.0851. The van der Waals surface area contributed by atoms with Crippen molar-refractivity contribution in [2.75, 3.05) is 5.32 Å². The second-order valence-corrected chi connectivity index (χ2v) is 9.23. The summed E-state index contributed by atoms with van der Waals surface area (Å²) in [6, 6.07) is 11.9. The van der Waals surface area contributed by atoms with Crippen molar-refractivity contribution in [3.8, 4) is 33.9 Å². The number of furan rings is 1. The van der Waals surface area contributed by atoms with E-state index in [1.165, 1.54) is 6.42 Å². The number of aromatic nitrogens is 6. The number of aromatic amines is 2. The number of rotatable bonds is 6. The van der Waals surface area contributed by atoms with E-state index >= 15 is 0 Å². The van der Waals surface area contributed by atoms with E-state index in [2.05, 4.69) is 30.5 Å². The first-order valence-electron chi connectivity index (χ1n) is 12.0. The largest absolute Gasteiger partial charge is 0.472 e. The second kappa shape index (κ2) is 8.31. The lowest BCUT2D eigenvalue weighted by atomic mass is 9.84.